The lowest BCUT2D eigenvalue weighted by molar-refractivity contribution is -0.112. The van der Waals surface area contributed by atoms with E-state index in [1.165, 1.54) is 0 Å². The molecule has 3 aliphatic carbocycles. The van der Waals surface area contributed by atoms with Crippen LogP contribution in [-0.4, -0.2) is 26.0 Å². The zero-order valence-corrected chi connectivity index (χ0v) is 15.4. The van der Waals surface area contributed by atoms with Crippen molar-refractivity contribution in [2.75, 3.05) is 0 Å². The number of hydrogen-bond donors (Lipinski definition) is 4. The number of hydrogen-bond acceptors (Lipinski definition) is 5. The fourth-order valence-corrected chi connectivity index (χ4v) is 3.90. The molecule has 0 aromatic heterocycles. The number of H-pyrrole nitrogens is 2. The SMILES string of the molecule is O=C1C(O)=C(c2c3cccccc-3[nH]c2=O)C(O)=C1c1c2cccccc-2[nH]c1=O. The molecule has 7 nitrogen and oxygen atoms in total. The van der Waals surface area contributed by atoms with Crippen molar-refractivity contribution in [3.63, 3.8) is 0 Å². The van der Waals surface area contributed by atoms with E-state index < -0.39 is 28.4 Å². The lowest BCUT2D eigenvalue weighted by Gasteiger charge is -2.04. The minimum absolute atomic E-state index is 0.0302. The Bertz CT molecular complexity index is 1470. The predicted molar refractivity (Wildman–Crippen MR) is 111 cm³/mol. The molecule has 0 radical (unpaired) electrons. The van der Waals surface area contributed by atoms with E-state index >= 15 is 0 Å². The Morgan fingerprint density at radius 3 is 1.57 bits per heavy atom. The van der Waals surface area contributed by atoms with Crippen molar-refractivity contribution in [1.29, 1.82) is 0 Å². The van der Waals surface area contributed by atoms with Crippen molar-refractivity contribution in [3.05, 3.63) is 104 Å². The first-order chi connectivity index (χ1) is 14.5. The first-order valence-electron chi connectivity index (χ1n) is 9.13. The summed E-state index contributed by atoms with van der Waals surface area (Å²) in [5.74, 6) is -2.30. The number of fused-ring (bicyclic) bond motifs is 2. The highest BCUT2D eigenvalue weighted by molar-refractivity contribution is 6.37. The zero-order valence-electron chi connectivity index (χ0n) is 15.4. The van der Waals surface area contributed by atoms with Gasteiger partial charge >= 0.3 is 0 Å². The van der Waals surface area contributed by atoms with Crippen LogP contribution in [0.2, 0.25) is 0 Å². The lowest BCUT2D eigenvalue weighted by Crippen LogP contribution is -2.10. The second-order valence-electron chi connectivity index (χ2n) is 6.91. The molecular weight excluding hydrogens is 384 g/mol. The topological polar surface area (TPSA) is 123 Å². The van der Waals surface area contributed by atoms with Gasteiger partial charge in [-0.2, -0.15) is 0 Å². The van der Waals surface area contributed by atoms with E-state index in [-0.39, 0.29) is 22.3 Å². The number of aliphatic hydroxyl groups excluding tert-OH is 2. The van der Waals surface area contributed by atoms with Crippen LogP contribution >= 0.6 is 0 Å². The molecule has 0 bridgehead atoms. The van der Waals surface area contributed by atoms with Gasteiger partial charge in [-0.25, -0.2) is 0 Å². The van der Waals surface area contributed by atoms with E-state index in [9.17, 15) is 24.6 Å². The third-order valence-electron chi connectivity index (χ3n) is 5.22. The van der Waals surface area contributed by atoms with Gasteiger partial charge in [0.25, 0.3) is 11.1 Å². The molecule has 146 valence electrons. The summed E-state index contributed by atoms with van der Waals surface area (Å²) in [6.45, 7) is 0. The molecule has 7 heteroatoms. The average Bonchev–Trinajstić information content (AvgIpc) is 3.07. The molecule has 30 heavy (non-hydrogen) atoms. The quantitative estimate of drug-likeness (QED) is 0.413. The molecule has 2 aliphatic heterocycles. The number of aromatic amines is 2. The van der Waals surface area contributed by atoms with Gasteiger partial charge in [-0.3, -0.25) is 14.4 Å². The molecule has 4 N–H and O–H groups in total. The van der Waals surface area contributed by atoms with Gasteiger partial charge in [0.15, 0.2) is 5.76 Å². The highest BCUT2D eigenvalue weighted by atomic mass is 16.3. The fourth-order valence-electron chi connectivity index (χ4n) is 3.90. The number of aliphatic hydroxyl groups is 2. The number of ketones is 1. The number of allylic oxidation sites excluding steroid dienone is 2. The van der Waals surface area contributed by atoms with Crippen LogP contribution in [0.5, 0.6) is 0 Å². The summed E-state index contributed by atoms with van der Waals surface area (Å²) in [5, 5.41) is 21.6. The van der Waals surface area contributed by atoms with Gasteiger partial charge in [-0.15, -0.1) is 0 Å². The standard InChI is InChI=1S/C23H14N2O5/c26-19-17(15-11-7-3-1-5-9-13(11)24-22(15)29)20(27)21(28)18(19)16-12-8-4-2-6-10-14(12)25-23(16)30/h1-10,26H,(H,24,29)(H,25,30)(H,27,28). The van der Waals surface area contributed by atoms with E-state index in [0.717, 1.165) is 0 Å². The maximum Gasteiger partial charge on any atom is 0.257 e. The third-order valence-corrected chi connectivity index (χ3v) is 5.22. The second-order valence-corrected chi connectivity index (χ2v) is 6.91. The Kier molecular flexibility index (Phi) is 3.72. The molecule has 0 unspecified atom stereocenters. The average molecular weight is 398 g/mol. The van der Waals surface area contributed by atoms with Crippen LogP contribution in [0.3, 0.4) is 0 Å². The number of aromatic nitrogens is 2. The summed E-state index contributed by atoms with van der Waals surface area (Å²) in [4.78, 5) is 43.5. The second kappa shape index (κ2) is 6.31. The molecule has 5 aliphatic rings. The number of carbonyl (C=O) groups is 1. The molecule has 0 saturated heterocycles. The van der Waals surface area contributed by atoms with Crippen LogP contribution in [0, 0.1) is 0 Å². The summed E-state index contributed by atoms with van der Waals surface area (Å²) >= 11 is 0. The largest absolute Gasteiger partial charge is 0.506 e. The molecule has 0 aromatic carbocycles. The Hall–Kier alpha value is -4.39. The third kappa shape index (κ3) is 2.35. The first kappa shape index (κ1) is 17.7. The molecule has 0 fully saturated rings. The molecule has 0 amide bonds. The molecular formula is C23H14N2O5. The Labute approximate surface area is 169 Å². The highest BCUT2D eigenvalue weighted by Crippen LogP contribution is 2.42. The predicted octanol–water partition coefficient (Wildman–Crippen LogP) is 3.09. The summed E-state index contributed by atoms with van der Waals surface area (Å²) in [6.07, 6.45) is 0. The van der Waals surface area contributed by atoms with E-state index in [1.807, 2.05) is 0 Å². The van der Waals surface area contributed by atoms with E-state index in [4.69, 9.17) is 0 Å². The van der Waals surface area contributed by atoms with Crippen molar-refractivity contribution in [1.82, 2.24) is 9.97 Å². The highest BCUT2D eigenvalue weighted by Gasteiger charge is 2.39. The van der Waals surface area contributed by atoms with Gasteiger partial charge in [0.1, 0.15) is 5.76 Å². The number of nitrogens with one attached hydrogen (secondary N) is 2. The Balaban J connectivity index is 1.79. The van der Waals surface area contributed by atoms with Gasteiger partial charge in [-0.05, 0) is 12.1 Å². The van der Waals surface area contributed by atoms with E-state index in [1.54, 1.807) is 60.7 Å². The Morgan fingerprint density at radius 2 is 1.03 bits per heavy atom. The van der Waals surface area contributed by atoms with Crippen molar-refractivity contribution in [3.8, 4) is 22.5 Å². The van der Waals surface area contributed by atoms with Crippen LogP contribution in [-0.2, 0) is 4.79 Å². The molecule has 5 rings (SSSR count). The van der Waals surface area contributed by atoms with Gasteiger partial charge in [-0.1, -0.05) is 48.5 Å². The summed E-state index contributed by atoms with van der Waals surface area (Å²) in [6, 6.07) is 17.0. The molecule has 0 spiro atoms. The smallest absolute Gasteiger partial charge is 0.257 e. The van der Waals surface area contributed by atoms with Gasteiger partial charge in [0, 0.05) is 22.5 Å². The molecule has 0 saturated carbocycles. The normalized spacial score (nSPS) is 14.3. The van der Waals surface area contributed by atoms with E-state index in [0.29, 0.717) is 22.5 Å². The summed E-state index contributed by atoms with van der Waals surface area (Å²) in [5.41, 5.74) is -0.0337. The maximum absolute atomic E-state index is 12.9. The van der Waals surface area contributed by atoms with Crippen LogP contribution in [0.4, 0.5) is 0 Å². The van der Waals surface area contributed by atoms with Crippen molar-refractivity contribution < 1.29 is 15.0 Å². The monoisotopic (exact) mass is 398 g/mol. The zero-order chi connectivity index (χ0) is 21.0. The summed E-state index contributed by atoms with van der Waals surface area (Å²) in [7, 11) is 0. The van der Waals surface area contributed by atoms with Crippen molar-refractivity contribution >= 4 is 16.9 Å². The number of carbonyl (C=O) groups excluding carboxylic acids is 1. The molecule has 2 heterocycles. The molecule has 0 aromatic rings. The van der Waals surface area contributed by atoms with Crippen molar-refractivity contribution in [2.45, 2.75) is 0 Å². The van der Waals surface area contributed by atoms with Gasteiger partial charge in [0.2, 0.25) is 5.78 Å². The maximum atomic E-state index is 12.9. The van der Waals surface area contributed by atoms with Crippen LogP contribution in [0.1, 0.15) is 11.1 Å². The van der Waals surface area contributed by atoms with Gasteiger partial charge < -0.3 is 20.2 Å². The summed E-state index contributed by atoms with van der Waals surface area (Å²) < 4.78 is 0. The Morgan fingerprint density at radius 1 is 0.567 bits per heavy atom. The minimum atomic E-state index is -0.916. The minimum Gasteiger partial charge on any atom is -0.506 e. The molecule has 0 atom stereocenters. The van der Waals surface area contributed by atoms with E-state index in [2.05, 4.69) is 9.97 Å². The van der Waals surface area contributed by atoms with Crippen LogP contribution in [0.25, 0.3) is 33.7 Å². The van der Waals surface area contributed by atoms with Crippen LogP contribution in [0.15, 0.2) is 81.8 Å². The number of rotatable bonds is 2. The first-order valence-corrected chi connectivity index (χ1v) is 9.13. The van der Waals surface area contributed by atoms with Gasteiger partial charge in [0.05, 0.1) is 22.3 Å². The lowest BCUT2D eigenvalue weighted by atomic mass is 9.98. The fraction of sp³-hybridized carbons (Fsp3) is 0. The number of Topliss-reactive ketones (excluding diaryl/α,β-unsaturated/α-hetero) is 1. The van der Waals surface area contributed by atoms with Crippen LogP contribution < -0.4 is 11.1 Å². The van der Waals surface area contributed by atoms with Crippen molar-refractivity contribution in [2.24, 2.45) is 0 Å².